The van der Waals surface area contributed by atoms with Crippen LogP contribution in [0.4, 0.5) is 0 Å². The summed E-state index contributed by atoms with van der Waals surface area (Å²) in [5, 5.41) is 2.60. The molecule has 8 aromatic carbocycles. The number of nitrogens with zero attached hydrogens (tertiary/aromatic N) is 3. The molecular formula is C55H43N3OSi. The summed E-state index contributed by atoms with van der Waals surface area (Å²) in [6.07, 6.45) is 0. The van der Waals surface area contributed by atoms with Crippen LogP contribution in [0.5, 0.6) is 11.5 Å². The summed E-state index contributed by atoms with van der Waals surface area (Å²) in [5.74, 6) is 2.84. The second kappa shape index (κ2) is 12.5. The van der Waals surface area contributed by atoms with Crippen LogP contribution in [0.3, 0.4) is 0 Å². The van der Waals surface area contributed by atoms with Crippen LogP contribution >= 0.6 is 0 Å². The number of ether oxygens (including phenoxy) is 1. The van der Waals surface area contributed by atoms with Gasteiger partial charge in [0.2, 0.25) is 5.78 Å². The van der Waals surface area contributed by atoms with Crippen LogP contribution in [0.25, 0.3) is 89.2 Å². The Morgan fingerprint density at radius 2 is 1.00 bits per heavy atom. The number of benzene rings is 8. The second-order valence-electron chi connectivity index (χ2n) is 18.0. The van der Waals surface area contributed by atoms with Crippen LogP contribution in [0.15, 0.2) is 170 Å². The summed E-state index contributed by atoms with van der Waals surface area (Å²) in [6, 6.07) is 62.4. The number of para-hydroxylation sites is 5. The number of rotatable bonds is 2. The molecule has 3 heterocycles. The fourth-order valence-corrected chi connectivity index (χ4v) is 13.0. The molecule has 4 nitrogen and oxygen atoms in total. The van der Waals surface area contributed by atoms with Crippen LogP contribution in [-0.2, 0) is 5.41 Å². The van der Waals surface area contributed by atoms with Gasteiger partial charge in [-0.1, -0.05) is 149 Å². The number of aromatic nitrogens is 3. The molecule has 0 radical (unpaired) electrons. The van der Waals surface area contributed by atoms with Crippen molar-refractivity contribution in [2.24, 2.45) is 0 Å². The highest BCUT2D eigenvalue weighted by Gasteiger charge is 2.39. The number of fused-ring (bicyclic) bond motifs is 15. The molecule has 5 heteroatoms. The molecule has 0 unspecified atom stereocenters. The molecule has 60 heavy (non-hydrogen) atoms. The van der Waals surface area contributed by atoms with Gasteiger partial charge in [-0.15, -0.1) is 0 Å². The topological polar surface area (TPSA) is 31.5 Å². The Balaban J connectivity index is 1.06. The smallest absolute Gasteiger partial charge is 0.220 e. The number of hydrogen-bond donors (Lipinski definition) is 0. The zero-order valence-corrected chi connectivity index (χ0v) is 35.4. The van der Waals surface area contributed by atoms with Crippen molar-refractivity contribution in [3.05, 3.63) is 175 Å². The van der Waals surface area contributed by atoms with E-state index in [2.05, 4.69) is 213 Å². The minimum Gasteiger partial charge on any atom is -0.457 e. The van der Waals surface area contributed by atoms with E-state index in [0.29, 0.717) is 0 Å². The second-order valence-corrected chi connectivity index (χ2v) is 22.3. The van der Waals surface area contributed by atoms with Gasteiger partial charge in [0.05, 0.1) is 22.1 Å². The predicted molar refractivity (Wildman–Crippen MR) is 252 cm³/mol. The Labute approximate surface area is 351 Å². The van der Waals surface area contributed by atoms with E-state index >= 15 is 0 Å². The Hall–Kier alpha value is -6.95. The van der Waals surface area contributed by atoms with Crippen molar-refractivity contribution in [2.45, 2.75) is 39.3 Å². The summed E-state index contributed by atoms with van der Waals surface area (Å²) in [7, 11) is -2.32. The molecule has 0 spiro atoms. The molecule has 0 atom stereocenters. The zero-order chi connectivity index (χ0) is 40.5. The minimum absolute atomic E-state index is 0.154. The molecule has 0 fully saturated rings. The van der Waals surface area contributed by atoms with Crippen molar-refractivity contribution in [1.29, 1.82) is 0 Å². The van der Waals surface area contributed by atoms with Crippen LogP contribution in [0, 0.1) is 0 Å². The lowest BCUT2D eigenvalue weighted by Gasteiger charge is -2.35. The summed E-state index contributed by atoms with van der Waals surface area (Å²) >= 11 is 0. The molecule has 2 aliphatic rings. The lowest BCUT2D eigenvalue weighted by Crippen LogP contribution is -2.56. The van der Waals surface area contributed by atoms with E-state index < -0.39 is 8.07 Å². The summed E-state index contributed by atoms with van der Waals surface area (Å²) in [5.41, 5.74) is 19.0. The van der Waals surface area contributed by atoms with Gasteiger partial charge >= 0.3 is 0 Å². The molecule has 1 aliphatic carbocycles. The van der Waals surface area contributed by atoms with Gasteiger partial charge in [0.15, 0.2) is 0 Å². The van der Waals surface area contributed by atoms with E-state index in [1.807, 2.05) is 0 Å². The number of hydrogen-bond acceptors (Lipinski definition) is 2. The van der Waals surface area contributed by atoms with Crippen molar-refractivity contribution in [1.82, 2.24) is 14.0 Å². The molecule has 0 amide bonds. The van der Waals surface area contributed by atoms with Crippen LogP contribution < -0.4 is 15.1 Å². The van der Waals surface area contributed by atoms with Crippen molar-refractivity contribution < 1.29 is 4.74 Å². The van der Waals surface area contributed by atoms with Gasteiger partial charge in [-0.05, 0) is 126 Å². The first-order chi connectivity index (χ1) is 29.2. The Kier molecular flexibility index (Phi) is 7.31. The first-order valence-corrected chi connectivity index (χ1v) is 24.0. The Morgan fingerprint density at radius 1 is 0.467 bits per heavy atom. The first-order valence-electron chi connectivity index (χ1n) is 21.0. The fraction of sp³-hybridized carbons (Fsp3) is 0.109. The van der Waals surface area contributed by atoms with Crippen molar-refractivity contribution in [2.75, 3.05) is 0 Å². The third-order valence-corrected chi connectivity index (χ3v) is 16.6. The lowest BCUT2D eigenvalue weighted by atomic mass is 9.75. The van der Waals surface area contributed by atoms with Gasteiger partial charge in [-0.3, -0.25) is 8.97 Å². The SMILES string of the molecule is CC(C)(C)c1cc2c(cc1-c1cccc3c1Oc1ccc(-n4c5ccccc5n5c6ccccc6nc45)cc1[Si]3(C)C)-c1ccccc1-c1ccccc1-c1ccccc1-2. The maximum absolute atomic E-state index is 7.23. The summed E-state index contributed by atoms with van der Waals surface area (Å²) in [6.45, 7) is 12.0. The van der Waals surface area contributed by atoms with Gasteiger partial charge in [0.1, 0.15) is 19.6 Å². The lowest BCUT2D eigenvalue weighted by molar-refractivity contribution is 0.488. The third kappa shape index (κ3) is 4.93. The number of imidazole rings is 2. The zero-order valence-electron chi connectivity index (χ0n) is 34.4. The monoisotopic (exact) mass is 789 g/mol. The maximum Gasteiger partial charge on any atom is 0.220 e. The van der Waals surface area contributed by atoms with Crippen LogP contribution in [-0.4, -0.2) is 22.0 Å². The van der Waals surface area contributed by atoms with E-state index in [1.54, 1.807) is 0 Å². The minimum atomic E-state index is -2.32. The van der Waals surface area contributed by atoms with E-state index in [9.17, 15) is 0 Å². The van der Waals surface area contributed by atoms with Crippen molar-refractivity contribution in [3.8, 4) is 72.8 Å². The van der Waals surface area contributed by atoms with E-state index in [4.69, 9.17) is 9.72 Å². The highest BCUT2D eigenvalue weighted by Crippen LogP contribution is 2.51. The molecule has 12 rings (SSSR count). The molecule has 0 N–H and O–H groups in total. The van der Waals surface area contributed by atoms with Gasteiger partial charge in [-0.2, -0.15) is 0 Å². The highest BCUT2D eigenvalue weighted by atomic mass is 28.3. The summed E-state index contributed by atoms with van der Waals surface area (Å²) in [4.78, 5) is 5.17. The highest BCUT2D eigenvalue weighted by molar-refractivity contribution is 7.01. The quantitative estimate of drug-likeness (QED) is 0.163. The summed E-state index contributed by atoms with van der Waals surface area (Å²) < 4.78 is 11.8. The molecule has 0 saturated carbocycles. The van der Waals surface area contributed by atoms with E-state index in [-0.39, 0.29) is 5.41 Å². The standard InChI is InChI=1S/C55H43N3OSi/c1-55(2,3)45-33-43-40-22-11-9-20-38(40)36-18-7-6-17-35(36)37-19-8-10-21-39(37)42(43)32-44(45)41-23-16-28-51-53(41)59-50-30-29-34(31-52(50)60(51,4)5)57-48-26-14-15-27-49(48)58-47-25-13-12-24-46(47)56-54(57)58/h6-33H,1-5H3. The van der Waals surface area contributed by atoms with E-state index in [0.717, 1.165) is 50.6 Å². The van der Waals surface area contributed by atoms with Crippen LogP contribution in [0.2, 0.25) is 13.1 Å². The van der Waals surface area contributed by atoms with Crippen LogP contribution in [0.1, 0.15) is 26.3 Å². The average molecular weight is 790 g/mol. The molecule has 288 valence electrons. The predicted octanol–water partition coefficient (Wildman–Crippen LogP) is 13.3. The normalized spacial score (nSPS) is 13.7. The Bertz CT molecular complexity index is 3430. The molecule has 2 aromatic heterocycles. The first kappa shape index (κ1) is 35.0. The Morgan fingerprint density at radius 3 is 1.63 bits per heavy atom. The van der Waals surface area contributed by atoms with E-state index in [1.165, 1.54) is 66.0 Å². The third-order valence-electron chi connectivity index (χ3n) is 13.1. The van der Waals surface area contributed by atoms with Crippen molar-refractivity contribution >= 4 is 46.3 Å². The van der Waals surface area contributed by atoms with Gasteiger partial charge < -0.3 is 4.74 Å². The average Bonchev–Trinajstić information content (AvgIpc) is 3.80. The molecule has 10 aromatic rings. The largest absolute Gasteiger partial charge is 0.457 e. The van der Waals surface area contributed by atoms with Crippen molar-refractivity contribution in [3.63, 3.8) is 0 Å². The van der Waals surface area contributed by atoms with Gasteiger partial charge in [-0.25, -0.2) is 4.98 Å². The molecule has 0 bridgehead atoms. The van der Waals surface area contributed by atoms with Gasteiger partial charge in [0, 0.05) is 11.3 Å². The molecule has 1 aliphatic heterocycles. The maximum atomic E-state index is 7.23. The molecule has 0 saturated heterocycles. The fourth-order valence-electron chi connectivity index (χ4n) is 10.2. The molecular weight excluding hydrogens is 747 g/mol. The van der Waals surface area contributed by atoms with Gasteiger partial charge in [0.25, 0.3) is 0 Å².